The first kappa shape index (κ1) is 12.9. The summed E-state index contributed by atoms with van der Waals surface area (Å²) in [5.74, 6) is -1.69. The summed E-state index contributed by atoms with van der Waals surface area (Å²) in [5, 5.41) is 9.79. The van der Waals surface area contributed by atoms with Crippen molar-refractivity contribution in [2.75, 3.05) is 0 Å². The second-order valence-corrected chi connectivity index (χ2v) is 4.46. The van der Waals surface area contributed by atoms with E-state index >= 15 is 0 Å². The molecule has 0 saturated carbocycles. The first-order valence-electron chi connectivity index (χ1n) is 4.97. The molecule has 0 aliphatic carbocycles. The van der Waals surface area contributed by atoms with E-state index in [1.807, 2.05) is 0 Å². The SMILES string of the molecule is O=C(O)c1ccc(F)cc1-c1cc(Cl)ccc1Cl. The van der Waals surface area contributed by atoms with Crippen LogP contribution in [0.3, 0.4) is 0 Å². The molecule has 5 heteroatoms. The minimum absolute atomic E-state index is 0.0273. The Morgan fingerprint density at radius 3 is 2.44 bits per heavy atom. The number of halogens is 3. The zero-order valence-electron chi connectivity index (χ0n) is 8.95. The molecule has 0 bridgehead atoms. The number of carboxylic acids is 1. The van der Waals surface area contributed by atoms with E-state index in [0.717, 1.165) is 12.1 Å². The molecule has 92 valence electrons. The molecule has 2 aromatic carbocycles. The summed E-state index contributed by atoms with van der Waals surface area (Å²) in [6.45, 7) is 0. The zero-order valence-corrected chi connectivity index (χ0v) is 10.5. The monoisotopic (exact) mass is 284 g/mol. The summed E-state index contributed by atoms with van der Waals surface area (Å²) >= 11 is 11.8. The number of carbonyl (C=O) groups is 1. The first-order valence-corrected chi connectivity index (χ1v) is 5.73. The van der Waals surface area contributed by atoms with Crippen LogP contribution in [0.15, 0.2) is 36.4 Å². The average Bonchev–Trinajstić information content (AvgIpc) is 2.31. The lowest BCUT2D eigenvalue weighted by molar-refractivity contribution is 0.0697. The number of benzene rings is 2. The van der Waals surface area contributed by atoms with Gasteiger partial charge in [0.25, 0.3) is 0 Å². The van der Waals surface area contributed by atoms with Gasteiger partial charge < -0.3 is 5.11 Å². The van der Waals surface area contributed by atoms with Crippen LogP contribution in [0.4, 0.5) is 4.39 Å². The number of hydrogen-bond acceptors (Lipinski definition) is 1. The van der Waals surface area contributed by atoms with Gasteiger partial charge in [0.15, 0.2) is 0 Å². The van der Waals surface area contributed by atoms with Crippen molar-refractivity contribution in [3.05, 3.63) is 57.8 Å². The van der Waals surface area contributed by atoms with Gasteiger partial charge in [-0.1, -0.05) is 23.2 Å². The highest BCUT2D eigenvalue weighted by Crippen LogP contribution is 2.33. The summed E-state index contributed by atoms with van der Waals surface area (Å²) in [5.41, 5.74) is 0.566. The molecule has 0 atom stereocenters. The molecule has 0 saturated heterocycles. The molecule has 1 N–H and O–H groups in total. The number of hydrogen-bond donors (Lipinski definition) is 1. The van der Waals surface area contributed by atoms with Crippen molar-refractivity contribution >= 4 is 29.2 Å². The Balaban J connectivity index is 2.73. The summed E-state index contributed by atoms with van der Waals surface area (Å²) < 4.78 is 13.3. The quantitative estimate of drug-likeness (QED) is 0.882. The van der Waals surface area contributed by atoms with Crippen LogP contribution >= 0.6 is 23.2 Å². The van der Waals surface area contributed by atoms with Gasteiger partial charge in [-0.15, -0.1) is 0 Å². The van der Waals surface area contributed by atoms with Gasteiger partial charge in [0.1, 0.15) is 5.82 Å². The van der Waals surface area contributed by atoms with Gasteiger partial charge in [0, 0.05) is 21.2 Å². The molecule has 0 heterocycles. The third kappa shape index (κ3) is 2.47. The van der Waals surface area contributed by atoms with Crippen molar-refractivity contribution in [1.29, 1.82) is 0 Å². The number of carboxylic acid groups (broad SMARTS) is 1. The highest BCUT2D eigenvalue weighted by molar-refractivity contribution is 6.35. The average molecular weight is 285 g/mol. The van der Waals surface area contributed by atoms with Crippen LogP contribution in [0.2, 0.25) is 10.0 Å². The van der Waals surface area contributed by atoms with Gasteiger partial charge in [0.2, 0.25) is 0 Å². The van der Waals surface area contributed by atoms with Gasteiger partial charge in [-0.05, 0) is 36.4 Å². The van der Waals surface area contributed by atoms with E-state index in [1.165, 1.54) is 18.2 Å². The van der Waals surface area contributed by atoms with E-state index in [0.29, 0.717) is 15.6 Å². The van der Waals surface area contributed by atoms with Crippen LogP contribution in [0.1, 0.15) is 10.4 Å². The predicted molar refractivity (Wildman–Crippen MR) is 68.8 cm³/mol. The van der Waals surface area contributed by atoms with Crippen LogP contribution < -0.4 is 0 Å². The minimum Gasteiger partial charge on any atom is -0.478 e. The molecule has 0 amide bonds. The Morgan fingerprint density at radius 2 is 1.78 bits per heavy atom. The minimum atomic E-state index is -1.15. The Bertz CT molecular complexity index is 626. The fourth-order valence-corrected chi connectivity index (χ4v) is 2.02. The van der Waals surface area contributed by atoms with Crippen LogP contribution in [-0.2, 0) is 0 Å². The Hall–Kier alpha value is -1.58. The normalized spacial score (nSPS) is 10.4. The molecule has 0 aliphatic rings. The summed E-state index contributed by atoms with van der Waals surface area (Å²) in [6, 6.07) is 8.03. The molecular weight excluding hydrogens is 278 g/mol. The Labute approximate surface area is 113 Å². The molecule has 2 rings (SSSR count). The molecule has 0 fully saturated rings. The Kier molecular flexibility index (Phi) is 3.55. The van der Waals surface area contributed by atoms with Gasteiger partial charge in [-0.3, -0.25) is 0 Å². The number of rotatable bonds is 2. The molecule has 0 aromatic heterocycles. The van der Waals surface area contributed by atoms with Crippen LogP contribution in [-0.4, -0.2) is 11.1 Å². The zero-order chi connectivity index (χ0) is 13.3. The van der Waals surface area contributed by atoms with Crippen molar-refractivity contribution in [2.24, 2.45) is 0 Å². The van der Waals surface area contributed by atoms with Gasteiger partial charge >= 0.3 is 5.97 Å². The molecule has 0 unspecified atom stereocenters. The van der Waals surface area contributed by atoms with E-state index in [9.17, 15) is 9.18 Å². The van der Waals surface area contributed by atoms with Crippen molar-refractivity contribution in [3.8, 4) is 11.1 Å². The van der Waals surface area contributed by atoms with E-state index in [1.54, 1.807) is 6.07 Å². The lowest BCUT2D eigenvalue weighted by atomic mass is 9.99. The third-order valence-corrected chi connectivity index (χ3v) is 3.00. The second-order valence-electron chi connectivity index (χ2n) is 3.62. The third-order valence-electron chi connectivity index (χ3n) is 2.43. The van der Waals surface area contributed by atoms with E-state index in [4.69, 9.17) is 28.3 Å². The smallest absolute Gasteiger partial charge is 0.336 e. The van der Waals surface area contributed by atoms with Gasteiger partial charge in [-0.2, -0.15) is 0 Å². The maximum Gasteiger partial charge on any atom is 0.336 e. The topological polar surface area (TPSA) is 37.3 Å². The summed E-state index contributed by atoms with van der Waals surface area (Å²) in [4.78, 5) is 11.1. The fourth-order valence-electron chi connectivity index (χ4n) is 1.63. The molecule has 18 heavy (non-hydrogen) atoms. The summed E-state index contributed by atoms with van der Waals surface area (Å²) in [7, 11) is 0. The lowest BCUT2D eigenvalue weighted by Crippen LogP contribution is -2.00. The van der Waals surface area contributed by atoms with Crippen molar-refractivity contribution in [3.63, 3.8) is 0 Å². The largest absolute Gasteiger partial charge is 0.478 e. The van der Waals surface area contributed by atoms with E-state index in [2.05, 4.69) is 0 Å². The highest BCUT2D eigenvalue weighted by atomic mass is 35.5. The van der Waals surface area contributed by atoms with Crippen molar-refractivity contribution in [1.82, 2.24) is 0 Å². The summed E-state index contributed by atoms with van der Waals surface area (Å²) in [6.07, 6.45) is 0. The first-order chi connectivity index (χ1) is 8.49. The molecule has 2 nitrogen and oxygen atoms in total. The van der Waals surface area contributed by atoms with E-state index in [-0.39, 0.29) is 11.1 Å². The molecule has 2 aromatic rings. The number of aromatic carboxylic acids is 1. The highest BCUT2D eigenvalue weighted by Gasteiger charge is 2.15. The van der Waals surface area contributed by atoms with Crippen molar-refractivity contribution in [2.45, 2.75) is 0 Å². The Morgan fingerprint density at radius 1 is 1.06 bits per heavy atom. The second kappa shape index (κ2) is 4.96. The maximum absolute atomic E-state index is 13.3. The maximum atomic E-state index is 13.3. The van der Waals surface area contributed by atoms with Crippen LogP contribution in [0.25, 0.3) is 11.1 Å². The molecule has 0 spiro atoms. The lowest BCUT2D eigenvalue weighted by Gasteiger charge is -2.09. The van der Waals surface area contributed by atoms with E-state index < -0.39 is 11.8 Å². The molecule has 0 aliphatic heterocycles. The molecule has 0 radical (unpaired) electrons. The fraction of sp³-hybridized carbons (Fsp3) is 0. The molecular formula is C13H7Cl2FO2. The van der Waals surface area contributed by atoms with Crippen molar-refractivity contribution < 1.29 is 14.3 Å². The standard InChI is InChI=1S/C13H7Cl2FO2/c14-7-1-4-12(15)11(5-7)10-6-8(16)2-3-9(10)13(17)18/h1-6H,(H,17,18). The van der Waals surface area contributed by atoms with Gasteiger partial charge in [-0.25, -0.2) is 9.18 Å². The van der Waals surface area contributed by atoms with Crippen LogP contribution in [0.5, 0.6) is 0 Å². The van der Waals surface area contributed by atoms with Gasteiger partial charge in [0.05, 0.1) is 5.56 Å². The predicted octanol–water partition coefficient (Wildman–Crippen LogP) is 4.50. The van der Waals surface area contributed by atoms with Crippen LogP contribution in [0, 0.1) is 5.82 Å².